The average Bonchev–Trinajstić information content (AvgIpc) is 3.06. The third kappa shape index (κ3) is 4.63. The number of aliphatic hydroxyl groups excluding tert-OH is 1. The molecule has 2 N–H and O–H groups in total. The molecule has 0 bridgehead atoms. The third-order valence-electron chi connectivity index (χ3n) is 3.39. The van der Waals surface area contributed by atoms with Crippen LogP contribution in [0, 0.1) is 0 Å². The molecule has 0 aliphatic carbocycles. The molecule has 22 heavy (non-hydrogen) atoms. The Morgan fingerprint density at radius 1 is 1.36 bits per heavy atom. The van der Waals surface area contributed by atoms with E-state index in [0.29, 0.717) is 12.8 Å². The lowest BCUT2D eigenvalue weighted by molar-refractivity contribution is -0.125. The number of carbonyl (C=O) groups is 1. The van der Waals surface area contributed by atoms with Crippen LogP contribution in [-0.4, -0.2) is 43.9 Å². The summed E-state index contributed by atoms with van der Waals surface area (Å²) in [6.45, 7) is 2.23. The number of rotatable bonds is 8. The van der Waals surface area contributed by atoms with Gasteiger partial charge in [0.2, 0.25) is 5.91 Å². The average molecular weight is 303 g/mol. The second kappa shape index (κ2) is 8.23. The van der Waals surface area contributed by atoms with Crippen molar-refractivity contribution in [2.45, 2.75) is 38.3 Å². The molecule has 1 heterocycles. The molecule has 1 aromatic heterocycles. The van der Waals surface area contributed by atoms with Crippen LogP contribution in [0.3, 0.4) is 0 Å². The van der Waals surface area contributed by atoms with Gasteiger partial charge in [0, 0.05) is 13.0 Å². The minimum absolute atomic E-state index is 0.202. The van der Waals surface area contributed by atoms with Gasteiger partial charge in [-0.1, -0.05) is 43.7 Å². The normalized spacial score (nSPS) is 13.5. The van der Waals surface area contributed by atoms with E-state index in [1.54, 1.807) is 0 Å². The lowest BCUT2D eigenvalue weighted by Crippen LogP contribution is -2.38. The van der Waals surface area contributed by atoms with E-state index < -0.39 is 12.1 Å². The van der Waals surface area contributed by atoms with E-state index in [0.717, 1.165) is 12.0 Å². The molecule has 1 amide bonds. The summed E-state index contributed by atoms with van der Waals surface area (Å²) in [6.07, 6.45) is 2.92. The van der Waals surface area contributed by atoms with E-state index in [4.69, 9.17) is 0 Å². The highest BCUT2D eigenvalue weighted by Gasteiger charge is 2.22. The van der Waals surface area contributed by atoms with Crippen LogP contribution in [0.4, 0.5) is 0 Å². The van der Waals surface area contributed by atoms with Gasteiger partial charge in [0.15, 0.2) is 0 Å². The molecule has 0 aliphatic heterocycles. The van der Waals surface area contributed by atoms with Crippen molar-refractivity contribution in [2.75, 3.05) is 6.54 Å². The number of carbonyl (C=O) groups excluding carboxylic acids is 1. The van der Waals surface area contributed by atoms with Crippen LogP contribution in [-0.2, 0) is 11.2 Å². The number of amides is 1. The van der Waals surface area contributed by atoms with Gasteiger partial charge in [0.1, 0.15) is 12.4 Å². The lowest BCUT2D eigenvalue weighted by Gasteiger charge is -2.18. The molecule has 118 valence electrons. The summed E-state index contributed by atoms with van der Waals surface area (Å²) in [5, 5.41) is 23.5. The Hall–Kier alpha value is -2.28. The van der Waals surface area contributed by atoms with Crippen molar-refractivity contribution in [1.29, 1.82) is 0 Å². The van der Waals surface area contributed by atoms with Crippen molar-refractivity contribution in [3.05, 3.63) is 42.2 Å². The molecule has 2 unspecified atom stereocenters. The first-order valence-electron chi connectivity index (χ1n) is 7.43. The van der Waals surface area contributed by atoms with E-state index in [-0.39, 0.29) is 12.5 Å². The summed E-state index contributed by atoms with van der Waals surface area (Å²) < 4.78 is 1.44. The molecule has 7 heteroatoms. The van der Waals surface area contributed by atoms with Crippen LogP contribution in [0.1, 0.15) is 31.4 Å². The van der Waals surface area contributed by atoms with Gasteiger partial charge in [-0.15, -0.1) is 5.10 Å². The molecule has 1 aromatic carbocycles. The quantitative estimate of drug-likeness (QED) is 0.750. The molecule has 0 spiro atoms. The lowest BCUT2D eigenvalue weighted by atomic mass is 10.1. The molecular formula is C15H21N5O2. The third-order valence-corrected chi connectivity index (χ3v) is 3.39. The van der Waals surface area contributed by atoms with Gasteiger partial charge in [0.25, 0.3) is 0 Å². The topological polar surface area (TPSA) is 92.9 Å². The van der Waals surface area contributed by atoms with Crippen LogP contribution in [0.15, 0.2) is 36.7 Å². The summed E-state index contributed by atoms with van der Waals surface area (Å²) in [7, 11) is 0. The van der Waals surface area contributed by atoms with Crippen LogP contribution < -0.4 is 5.32 Å². The van der Waals surface area contributed by atoms with Crippen molar-refractivity contribution in [3.8, 4) is 0 Å². The number of nitrogens with one attached hydrogen (secondary N) is 1. The molecule has 2 rings (SSSR count). The van der Waals surface area contributed by atoms with Gasteiger partial charge in [-0.2, -0.15) is 0 Å². The molecular weight excluding hydrogens is 282 g/mol. The predicted molar refractivity (Wildman–Crippen MR) is 80.9 cm³/mol. The monoisotopic (exact) mass is 303 g/mol. The van der Waals surface area contributed by atoms with Crippen LogP contribution in [0.25, 0.3) is 0 Å². The Labute approximate surface area is 129 Å². The van der Waals surface area contributed by atoms with Crippen LogP contribution >= 0.6 is 0 Å². The summed E-state index contributed by atoms with van der Waals surface area (Å²) in [5.41, 5.74) is 1.02. The highest BCUT2D eigenvalue weighted by Crippen LogP contribution is 2.13. The zero-order valence-electron chi connectivity index (χ0n) is 12.6. The Morgan fingerprint density at radius 3 is 2.77 bits per heavy atom. The van der Waals surface area contributed by atoms with Crippen molar-refractivity contribution >= 4 is 5.91 Å². The largest absolute Gasteiger partial charge is 0.391 e. The van der Waals surface area contributed by atoms with Gasteiger partial charge in [-0.3, -0.25) is 4.79 Å². The van der Waals surface area contributed by atoms with Crippen LogP contribution in [0.2, 0.25) is 0 Å². The number of nitrogens with zero attached hydrogens (tertiary/aromatic N) is 4. The number of aromatic nitrogens is 4. The number of tetrazole rings is 1. The van der Waals surface area contributed by atoms with Crippen molar-refractivity contribution in [1.82, 2.24) is 25.5 Å². The number of aliphatic hydroxyl groups is 1. The minimum Gasteiger partial charge on any atom is -0.391 e. The molecule has 0 fully saturated rings. The first-order chi connectivity index (χ1) is 10.7. The fourth-order valence-corrected chi connectivity index (χ4v) is 2.23. The van der Waals surface area contributed by atoms with Crippen LogP contribution in [0.5, 0.6) is 0 Å². The zero-order chi connectivity index (χ0) is 15.8. The van der Waals surface area contributed by atoms with E-state index in [1.165, 1.54) is 11.0 Å². The second-order valence-corrected chi connectivity index (χ2v) is 5.18. The van der Waals surface area contributed by atoms with Crippen molar-refractivity contribution in [3.63, 3.8) is 0 Å². The van der Waals surface area contributed by atoms with Gasteiger partial charge >= 0.3 is 0 Å². The van der Waals surface area contributed by atoms with E-state index in [2.05, 4.69) is 20.8 Å². The summed E-state index contributed by atoms with van der Waals surface area (Å²) in [5.74, 6) is -0.202. The molecule has 2 atom stereocenters. The van der Waals surface area contributed by atoms with Gasteiger partial charge in [-0.05, 0) is 22.4 Å². The van der Waals surface area contributed by atoms with Gasteiger partial charge < -0.3 is 10.4 Å². The molecule has 0 radical (unpaired) electrons. The minimum atomic E-state index is -0.536. The molecule has 7 nitrogen and oxygen atoms in total. The zero-order valence-corrected chi connectivity index (χ0v) is 12.6. The fourth-order valence-electron chi connectivity index (χ4n) is 2.23. The Bertz CT molecular complexity index is 559. The van der Waals surface area contributed by atoms with Gasteiger partial charge in [-0.25, -0.2) is 4.68 Å². The van der Waals surface area contributed by atoms with Crippen molar-refractivity contribution in [2.24, 2.45) is 0 Å². The first kappa shape index (κ1) is 16.1. The fraction of sp³-hybridized carbons (Fsp3) is 0.467. The van der Waals surface area contributed by atoms with E-state index >= 15 is 0 Å². The second-order valence-electron chi connectivity index (χ2n) is 5.18. The van der Waals surface area contributed by atoms with Crippen molar-refractivity contribution < 1.29 is 9.90 Å². The molecule has 0 saturated heterocycles. The predicted octanol–water partition coefficient (Wildman–Crippen LogP) is 0.734. The first-order valence-corrected chi connectivity index (χ1v) is 7.43. The Kier molecular flexibility index (Phi) is 6.02. The number of benzene rings is 1. The molecule has 0 saturated carbocycles. The van der Waals surface area contributed by atoms with E-state index in [1.807, 2.05) is 37.3 Å². The Balaban J connectivity index is 2.03. The Morgan fingerprint density at radius 2 is 2.14 bits per heavy atom. The highest BCUT2D eigenvalue weighted by molar-refractivity contribution is 5.80. The number of hydrogen-bond donors (Lipinski definition) is 2. The summed E-state index contributed by atoms with van der Waals surface area (Å²) >= 11 is 0. The molecule has 2 aromatic rings. The molecule has 0 aliphatic rings. The SMILES string of the molecule is CCCC(O)CNC(=O)C(Cc1ccccc1)n1cnnn1. The maximum absolute atomic E-state index is 12.4. The van der Waals surface area contributed by atoms with E-state index in [9.17, 15) is 9.90 Å². The summed E-state index contributed by atoms with van der Waals surface area (Å²) in [6, 6.07) is 9.15. The smallest absolute Gasteiger partial charge is 0.245 e. The van der Waals surface area contributed by atoms with Gasteiger partial charge in [0.05, 0.1) is 6.10 Å². The summed E-state index contributed by atoms with van der Waals surface area (Å²) in [4.78, 5) is 12.4. The maximum atomic E-state index is 12.4. The number of hydrogen-bond acceptors (Lipinski definition) is 5. The highest BCUT2D eigenvalue weighted by atomic mass is 16.3. The maximum Gasteiger partial charge on any atom is 0.245 e. The standard InChI is InChI=1S/C15H21N5O2/c1-2-6-13(21)10-16-15(22)14(20-11-17-18-19-20)9-12-7-4-3-5-8-12/h3-5,7-8,11,13-14,21H,2,6,9-10H2,1H3,(H,16,22).